The minimum Gasteiger partial charge on any atom is -0.503 e. The molecular weight excluding hydrogens is 450 g/mol. The van der Waals surface area contributed by atoms with Crippen molar-refractivity contribution in [2.24, 2.45) is 0 Å². The molecule has 0 unspecified atom stereocenters. The van der Waals surface area contributed by atoms with E-state index >= 15 is 0 Å². The van der Waals surface area contributed by atoms with Crippen LogP contribution in [0.1, 0.15) is 11.4 Å². The number of aromatic hydroxyl groups is 1. The van der Waals surface area contributed by atoms with Crippen LogP contribution in [0.4, 0.5) is 4.79 Å². The van der Waals surface area contributed by atoms with Crippen molar-refractivity contribution >= 4 is 17.0 Å². The highest BCUT2D eigenvalue weighted by atomic mass is 16.6. The van der Waals surface area contributed by atoms with Crippen LogP contribution in [0.15, 0.2) is 77.7 Å². The molecule has 3 aromatic heterocycles. The second-order valence-corrected chi connectivity index (χ2v) is 7.58. The summed E-state index contributed by atoms with van der Waals surface area (Å²) in [5, 5.41) is 26.9. The zero-order valence-electron chi connectivity index (χ0n) is 18.3. The van der Waals surface area contributed by atoms with Gasteiger partial charge < -0.3 is 19.7 Å². The van der Waals surface area contributed by atoms with Crippen molar-refractivity contribution in [2.75, 3.05) is 0 Å². The smallest absolute Gasteiger partial charge is 0.414 e. The molecule has 5 rings (SSSR count). The lowest BCUT2D eigenvalue weighted by atomic mass is 10.0. The van der Waals surface area contributed by atoms with Crippen molar-refractivity contribution in [1.82, 2.24) is 35.5 Å². The Labute approximate surface area is 198 Å². The summed E-state index contributed by atoms with van der Waals surface area (Å²) in [7, 11) is 0. The molecule has 35 heavy (non-hydrogen) atoms. The molecule has 0 atom stereocenters. The third-order valence-corrected chi connectivity index (χ3v) is 5.33. The predicted octanol–water partition coefficient (Wildman–Crippen LogP) is 2.62. The summed E-state index contributed by atoms with van der Waals surface area (Å²) < 4.78 is 6.74. The molecule has 0 aliphatic rings. The zero-order valence-corrected chi connectivity index (χ0v) is 18.3. The van der Waals surface area contributed by atoms with E-state index in [4.69, 9.17) is 4.74 Å². The number of tetrazole rings is 1. The number of fused-ring (bicyclic) bond motifs is 1. The highest BCUT2D eigenvalue weighted by Crippen LogP contribution is 2.34. The molecule has 11 heteroatoms. The average Bonchev–Trinajstić information content (AvgIpc) is 3.41. The van der Waals surface area contributed by atoms with Crippen LogP contribution in [0.5, 0.6) is 11.6 Å². The van der Waals surface area contributed by atoms with Crippen LogP contribution in [0, 0.1) is 0 Å². The molecule has 0 bridgehead atoms. The third kappa shape index (κ3) is 4.55. The van der Waals surface area contributed by atoms with Crippen LogP contribution in [-0.2, 0) is 13.1 Å². The van der Waals surface area contributed by atoms with E-state index in [1.807, 2.05) is 60.7 Å². The number of aromatic nitrogens is 6. The second kappa shape index (κ2) is 9.43. The first kappa shape index (κ1) is 21.8. The molecule has 11 nitrogen and oxygen atoms in total. The van der Waals surface area contributed by atoms with Crippen molar-refractivity contribution in [3.05, 3.63) is 94.7 Å². The van der Waals surface area contributed by atoms with Crippen molar-refractivity contribution in [3.63, 3.8) is 0 Å². The molecule has 5 aromatic rings. The number of benzene rings is 2. The van der Waals surface area contributed by atoms with Gasteiger partial charge in [0.05, 0.1) is 24.8 Å². The van der Waals surface area contributed by atoms with Gasteiger partial charge in [0, 0.05) is 10.9 Å². The summed E-state index contributed by atoms with van der Waals surface area (Å²) >= 11 is 0. The Morgan fingerprint density at radius 3 is 2.54 bits per heavy atom. The standard InChI is InChI=1S/C24H19N7O4/c32-21-18-11-17(16-9-5-2-6-10-16)23(33)31(14-15-7-3-1-4-8-15)19(18)12-25-22(21)35-24(34)26-13-20-27-29-30-28-20/h1-12,32H,13-14H2,(H,26,34)(H,27,28,29,30). The number of H-pyrrole nitrogens is 1. The third-order valence-electron chi connectivity index (χ3n) is 5.33. The maximum atomic E-state index is 13.5. The largest absolute Gasteiger partial charge is 0.503 e. The molecule has 0 spiro atoms. The van der Waals surface area contributed by atoms with E-state index in [0.29, 0.717) is 22.0 Å². The molecule has 1 amide bonds. The maximum Gasteiger partial charge on any atom is 0.414 e. The fourth-order valence-corrected chi connectivity index (χ4v) is 3.66. The summed E-state index contributed by atoms with van der Waals surface area (Å²) in [6, 6.07) is 20.2. The molecule has 3 heterocycles. The number of amides is 1. The SMILES string of the molecule is O=C(NCc1nn[nH]n1)Oc1ncc2c(cc(-c3ccccc3)c(=O)n2Cc2ccccc2)c1O. The number of aromatic amines is 1. The Balaban J connectivity index is 1.56. The van der Waals surface area contributed by atoms with Crippen molar-refractivity contribution in [1.29, 1.82) is 0 Å². The second-order valence-electron chi connectivity index (χ2n) is 7.58. The molecule has 0 aliphatic carbocycles. The van der Waals surface area contributed by atoms with Crippen LogP contribution in [0.2, 0.25) is 0 Å². The summed E-state index contributed by atoms with van der Waals surface area (Å²) in [5.41, 5.74) is 2.15. The summed E-state index contributed by atoms with van der Waals surface area (Å²) in [6.07, 6.45) is 0.536. The van der Waals surface area contributed by atoms with Crippen molar-refractivity contribution in [2.45, 2.75) is 13.1 Å². The first-order valence-corrected chi connectivity index (χ1v) is 10.6. The number of pyridine rings is 2. The van der Waals surface area contributed by atoms with Gasteiger partial charge in [-0.2, -0.15) is 5.21 Å². The zero-order chi connectivity index (χ0) is 24.2. The van der Waals surface area contributed by atoms with Gasteiger partial charge in [0.1, 0.15) is 0 Å². The van der Waals surface area contributed by atoms with E-state index in [1.165, 1.54) is 6.20 Å². The maximum absolute atomic E-state index is 13.5. The molecule has 174 valence electrons. The number of nitrogens with zero attached hydrogens (tertiary/aromatic N) is 5. The molecule has 2 aromatic carbocycles. The number of hydrogen-bond acceptors (Lipinski definition) is 8. The monoisotopic (exact) mass is 469 g/mol. The Hall–Kier alpha value is -5.06. The van der Waals surface area contributed by atoms with E-state index in [2.05, 4.69) is 30.9 Å². The normalized spacial score (nSPS) is 10.9. The van der Waals surface area contributed by atoms with Gasteiger partial charge in [-0.25, -0.2) is 9.78 Å². The first-order valence-electron chi connectivity index (χ1n) is 10.6. The van der Waals surface area contributed by atoms with E-state index < -0.39 is 6.09 Å². The number of carbonyl (C=O) groups excluding carboxylic acids is 1. The number of ether oxygens (including phenoxy) is 1. The summed E-state index contributed by atoms with van der Waals surface area (Å²) in [5.74, 6) is -0.404. The molecule has 0 fully saturated rings. The summed E-state index contributed by atoms with van der Waals surface area (Å²) in [6.45, 7) is 0.238. The molecule has 0 saturated carbocycles. The van der Waals surface area contributed by atoms with Crippen LogP contribution in [0.25, 0.3) is 22.0 Å². The van der Waals surface area contributed by atoms with Crippen LogP contribution < -0.4 is 15.6 Å². The Kier molecular flexibility index (Phi) is 5.87. The quantitative estimate of drug-likeness (QED) is 0.344. The van der Waals surface area contributed by atoms with Gasteiger partial charge >= 0.3 is 6.09 Å². The number of nitrogens with one attached hydrogen (secondary N) is 2. The van der Waals surface area contributed by atoms with Gasteiger partial charge in [0.2, 0.25) is 0 Å². The molecule has 0 radical (unpaired) electrons. The van der Waals surface area contributed by atoms with Gasteiger partial charge in [0.25, 0.3) is 11.4 Å². The van der Waals surface area contributed by atoms with E-state index in [0.717, 1.165) is 5.56 Å². The number of carbonyl (C=O) groups is 1. The lowest BCUT2D eigenvalue weighted by Gasteiger charge is -2.15. The van der Waals surface area contributed by atoms with Crippen LogP contribution in [-0.4, -0.2) is 41.4 Å². The lowest BCUT2D eigenvalue weighted by molar-refractivity contribution is 0.196. The molecule has 3 N–H and O–H groups in total. The van der Waals surface area contributed by atoms with Crippen molar-refractivity contribution < 1.29 is 14.6 Å². The Morgan fingerprint density at radius 1 is 1.09 bits per heavy atom. The average molecular weight is 469 g/mol. The van der Waals surface area contributed by atoms with Gasteiger partial charge in [0.15, 0.2) is 11.6 Å². The Morgan fingerprint density at radius 2 is 1.83 bits per heavy atom. The number of rotatable bonds is 6. The van der Waals surface area contributed by atoms with Gasteiger partial charge in [-0.3, -0.25) is 4.79 Å². The minimum absolute atomic E-state index is 0.0293. The summed E-state index contributed by atoms with van der Waals surface area (Å²) in [4.78, 5) is 29.8. The Bertz CT molecular complexity index is 1540. The van der Waals surface area contributed by atoms with Gasteiger partial charge in [-0.05, 0) is 17.2 Å². The fourth-order valence-electron chi connectivity index (χ4n) is 3.66. The molecular formula is C24H19N7O4. The van der Waals surface area contributed by atoms with Crippen LogP contribution >= 0.6 is 0 Å². The highest BCUT2D eigenvalue weighted by Gasteiger charge is 2.19. The number of hydrogen-bond donors (Lipinski definition) is 3. The van der Waals surface area contributed by atoms with Crippen molar-refractivity contribution in [3.8, 4) is 22.8 Å². The van der Waals surface area contributed by atoms with Gasteiger partial charge in [-0.1, -0.05) is 65.9 Å². The molecule has 0 aliphatic heterocycles. The fraction of sp³-hybridized carbons (Fsp3) is 0.0833. The van der Waals surface area contributed by atoms with Gasteiger partial charge in [-0.15, -0.1) is 10.2 Å². The first-order chi connectivity index (χ1) is 17.1. The van der Waals surface area contributed by atoms with E-state index in [1.54, 1.807) is 10.6 Å². The van der Waals surface area contributed by atoms with Crippen LogP contribution in [0.3, 0.4) is 0 Å². The van der Waals surface area contributed by atoms with E-state index in [-0.39, 0.29) is 36.1 Å². The highest BCUT2D eigenvalue weighted by molar-refractivity contribution is 5.90. The molecule has 0 saturated heterocycles. The predicted molar refractivity (Wildman–Crippen MR) is 126 cm³/mol. The topological polar surface area (TPSA) is 148 Å². The lowest BCUT2D eigenvalue weighted by Crippen LogP contribution is -2.27. The minimum atomic E-state index is -0.863. The van der Waals surface area contributed by atoms with E-state index in [9.17, 15) is 14.7 Å².